The van der Waals surface area contributed by atoms with Gasteiger partial charge < -0.3 is 15.2 Å². The second-order valence-electron chi connectivity index (χ2n) is 5.26. The molecule has 0 amide bonds. The minimum atomic E-state index is -0.647. The van der Waals surface area contributed by atoms with Crippen molar-refractivity contribution >= 4 is 0 Å². The highest BCUT2D eigenvalue weighted by molar-refractivity contribution is 4.78. The average Bonchev–Trinajstić information content (AvgIpc) is 1.99. The van der Waals surface area contributed by atoms with Crippen LogP contribution < -0.4 is 5.32 Å². The van der Waals surface area contributed by atoms with Crippen LogP contribution in [0.15, 0.2) is 0 Å². The van der Waals surface area contributed by atoms with Crippen molar-refractivity contribution in [1.82, 2.24) is 5.32 Å². The Bertz CT molecular complexity index is 161. The summed E-state index contributed by atoms with van der Waals surface area (Å²) in [5, 5.41) is 12.8. The molecule has 0 aromatic heterocycles. The van der Waals surface area contributed by atoms with Gasteiger partial charge in [0.25, 0.3) is 0 Å². The number of hydrogen-bond donors (Lipinski definition) is 2. The molecule has 0 radical (unpaired) electrons. The highest BCUT2D eigenvalue weighted by Crippen LogP contribution is 2.15. The number of methoxy groups -OCH3 is 1. The lowest BCUT2D eigenvalue weighted by molar-refractivity contribution is 0.00534. The van der Waals surface area contributed by atoms with Gasteiger partial charge in [-0.05, 0) is 41.0 Å². The van der Waals surface area contributed by atoms with Gasteiger partial charge in [0.15, 0.2) is 0 Å². The quantitative estimate of drug-likeness (QED) is 0.688. The van der Waals surface area contributed by atoms with Crippen molar-refractivity contribution in [1.29, 1.82) is 0 Å². The molecule has 0 rings (SSSR count). The molecule has 0 aromatic rings. The second-order valence-corrected chi connectivity index (χ2v) is 5.26. The molecule has 0 saturated heterocycles. The molecule has 0 aliphatic rings. The molecule has 0 aliphatic carbocycles. The van der Waals surface area contributed by atoms with Crippen molar-refractivity contribution in [3.05, 3.63) is 0 Å². The summed E-state index contributed by atoms with van der Waals surface area (Å²) in [5.74, 6) is 0. The largest absolute Gasteiger partial charge is 0.389 e. The number of nitrogens with one attached hydrogen (secondary N) is 1. The van der Waals surface area contributed by atoms with Crippen LogP contribution >= 0.6 is 0 Å². The van der Waals surface area contributed by atoms with Crippen LogP contribution in [0.1, 0.15) is 41.0 Å². The summed E-state index contributed by atoms with van der Waals surface area (Å²) < 4.78 is 5.34. The van der Waals surface area contributed by atoms with Crippen LogP contribution in [0, 0.1) is 0 Å². The van der Waals surface area contributed by atoms with E-state index >= 15 is 0 Å². The number of ether oxygens (including phenoxy) is 1. The molecular weight excluding hydrogens is 178 g/mol. The molecule has 2 N–H and O–H groups in total. The first-order chi connectivity index (χ1) is 6.16. The Kier molecular flexibility index (Phi) is 5.06. The second kappa shape index (κ2) is 5.10. The molecule has 0 saturated carbocycles. The van der Waals surface area contributed by atoms with Crippen molar-refractivity contribution in [3.8, 4) is 0 Å². The van der Waals surface area contributed by atoms with Crippen LogP contribution in [0.25, 0.3) is 0 Å². The third-order valence-corrected chi connectivity index (χ3v) is 2.23. The van der Waals surface area contributed by atoms with Gasteiger partial charge in [-0.1, -0.05) is 0 Å². The Morgan fingerprint density at radius 2 is 1.79 bits per heavy atom. The fourth-order valence-corrected chi connectivity index (χ4v) is 1.32. The van der Waals surface area contributed by atoms with Gasteiger partial charge in [0.2, 0.25) is 0 Å². The summed E-state index contributed by atoms with van der Waals surface area (Å²) in [6, 6.07) is 0.344. The van der Waals surface area contributed by atoms with Crippen molar-refractivity contribution in [2.45, 2.75) is 58.3 Å². The Morgan fingerprint density at radius 1 is 1.29 bits per heavy atom. The fourth-order valence-electron chi connectivity index (χ4n) is 1.32. The zero-order chi connectivity index (χ0) is 11.4. The minimum Gasteiger partial charge on any atom is -0.389 e. The molecule has 0 heterocycles. The Labute approximate surface area is 87.8 Å². The molecule has 3 nitrogen and oxygen atoms in total. The normalized spacial score (nSPS) is 15.6. The highest BCUT2D eigenvalue weighted by atomic mass is 16.5. The lowest BCUT2D eigenvalue weighted by Crippen LogP contribution is -2.42. The van der Waals surface area contributed by atoms with Gasteiger partial charge >= 0.3 is 0 Å². The van der Waals surface area contributed by atoms with Crippen LogP contribution in [-0.4, -0.2) is 36.0 Å². The summed E-state index contributed by atoms with van der Waals surface area (Å²) in [5.41, 5.74) is -0.752. The van der Waals surface area contributed by atoms with E-state index in [0.717, 1.165) is 6.42 Å². The molecule has 0 aromatic carbocycles. The molecule has 86 valence electrons. The van der Waals surface area contributed by atoms with Gasteiger partial charge in [-0.3, -0.25) is 0 Å². The van der Waals surface area contributed by atoms with Crippen molar-refractivity contribution in [2.24, 2.45) is 0 Å². The Morgan fingerprint density at radius 3 is 2.14 bits per heavy atom. The lowest BCUT2D eigenvalue weighted by atomic mass is 9.99. The smallest absolute Gasteiger partial charge is 0.0715 e. The molecule has 3 heteroatoms. The van der Waals surface area contributed by atoms with Gasteiger partial charge in [-0.2, -0.15) is 0 Å². The Balaban J connectivity index is 3.82. The first-order valence-electron chi connectivity index (χ1n) is 5.17. The van der Waals surface area contributed by atoms with E-state index in [1.54, 1.807) is 21.0 Å². The molecule has 14 heavy (non-hydrogen) atoms. The summed E-state index contributed by atoms with van der Waals surface area (Å²) in [4.78, 5) is 0. The molecule has 0 unspecified atom stereocenters. The maximum atomic E-state index is 9.53. The van der Waals surface area contributed by atoms with E-state index in [9.17, 15) is 5.11 Å². The monoisotopic (exact) mass is 203 g/mol. The van der Waals surface area contributed by atoms with E-state index in [4.69, 9.17) is 4.74 Å². The zero-order valence-electron chi connectivity index (χ0n) is 10.3. The predicted octanol–water partition coefficient (Wildman–Crippen LogP) is 1.55. The van der Waals surface area contributed by atoms with E-state index in [0.29, 0.717) is 12.6 Å². The van der Waals surface area contributed by atoms with Crippen molar-refractivity contribution in [2.75, 3.05) is 13.7 Å². The van der Waals surface area contributed by atoms with E-state index in [1.807, 2.05) is 0 Å². The van der Waals surface area contributed by atoms with Crippen LogP contribution in [0.2, 0.25) is 0 Å². The SMILES string of the molecule is COC(C)(C)C[C@@H](C)NCC(C)(C)O. The molecule has 0 spiro atoms. The maximum Gasteiger partial charge on any atom is 0.0715 e. The number of aliphatic hydroxyl groups is 1. The number of hydrogen-bond acceptors (Lipinski definition) is 3. The van der Waals surface area contributed by atoms with Crippen LogP contribution in [0.3, 0.4) is 0 Å². The van der Waals surface area contributed by atoms with Crippen LogP contribution in [0.4, 0.5) is 0 Å². The van der Waals surface area contributed by atoms with E-state index in [1.165, 1.54) is 0 Å². The van der Waals surface area contributed by atoms with Gasteiger partial charge in [0.05, 0.1) is 11.2 Å². The summed E-state index contributed by atoms with van der Waals surface area (Å²) in [6.07, 6.45) is 0.930. The molecular formula is C11H25NO2. The van der Waals surface area contributed by atoms with Crippen LogP contribution in [0.5, 0.6) is 0 Å². The van der Waals surface area contributed by atoms with Crippen molar-refractivity contribution in [3.63, 3.8) is 0 Å². The highest BCUT2D eigenvalue weighted by Gasteiger charge is 2.21. The first-order valence-corrected chi connectivity index (χ1v) is 5.17. The number of rotatable bonds is 6. The van der Waals surface area contributed by atoms with Gasteiger partial charge in [-0.25, -0.2) is 0 Å². The molecule has 0 fully saturated rings. The zero-order valence-corrected chi connectivity index (χ0v) is 10.3. The first kappa shape index (κ1) is 13.9. The van der Waals surface area contributed by atoms with E-state index in [2.05, 4.69) is 26.1 Å². The maximum absolute atomic E-state index is 9.53. The fraction of sp³-hybridized carbons (Fsp3) is 1.00. The van der Waals surface area contributed by atoms with E-state index < -0.39 is 5.60 Å². The summed E-state index contributed by atoms with van der Waals surface area (Å²) in [6.45, 7) is 10.4. The molecule has 0 bridgehead atoms. The topological polar surface area (TPSA) is 41.5 Å². The molecule has 1 atom stereocenters. The van der Waals surface area contributed by atoms with Crippen molar-refractivity contribution < 1.29 is 9.84 Å². The van der Waals surface area contributed by atoms with Gasteiger partial charge in [-0.15, -0.1) is 0 Å². The van der Waals surface area contributed by atoms with E-state index in [-0.39, 0.29) is 5.60 Å². The third-order valence-electron chi connectivity index (χ3n) is 2.23. The standard InChI is InChI=1S/C11H25NO2/c1-9(7-11(4,5)14-6)12-8-10(2,3)13/h9,12-13H,7-8H2,1-6H3/t9-/m1/s1. The summed E-state index contributed by atoms with van der Waals surface area (Å²) >= 11 is 0. The predicted molar refractivity (Wildman–Crippen MR) is 59.5 cm³/mol. The summed E-state index contributed by atoms with van der Waals surface area (Å²) in [7, 11) is 1.72. The van der Waals surface area contributed by atoms with Gasteiger partial charge in [0.1, 0.15) is 0 Å². The molecule has 0 aliphatic heterocycles. The third kappa shape index (κ3) is 7.30. The Hall–Kier alpha value is -0.120. The lowest BCUT2D eigenvalue weighted by Gasteiger charge is -2.29. The van der Waals surface area contributed by atoms with Gasteiger partial charge in [0, 0.05) is 19.7 Å². The minimum absolute atomic E-state index is 0.105. The van der Waals surface area contributed by atoms with Crippen LogP contribution in [-0.2, 0) is 4.74 Å². The average molecular weight is 203 g/mol.